The van der Waals surface area contributed by atoms with Crippen LogP contribution < -0.4 is 4.74 Å². The van der Waals surface area contributed by atoms with E-state index in [4.69, 9.17) is 9.47 Å². The fraction of sp³-hybridized carbons (Fsp3) is 0.176. The van der Waals surface area contributed by atoms with Crippen LogP contribution in [-0.2, 0) is 25.0 Å². The van der Waals surface area contributed by atoms with E-state index in [1.54, 1.807) is 23.9 Å². The maximum atomic E-state index is 12.1. The maximum absolute atomic E-state index is 12.1. The molecule has 0 N–H and O–H groups in total. The zero-order valence-electron chi connectivity index (χ0n) is 13.1. The topological polar surface area (TPSA) is 79.1 Å². The Morgan fingerprint density at radius 1 is 1.12 bits per heavy atom. The Hall–Kier alpha value is -3.22. The van der Waals surface area contributed by atoms with Gasteiger partial charge in [-0.15, -0.1) is 0 Å². The van der Waals surface area contributed by atoms with Gasteiger partial charge in [0.1, 0.15) is 12.9 Å². The van der Waals surface area contributed by atoms with Crippen molar-refractivity contribution < 1.29 is 14.3 Å². The van der Waals surface area contributed by atoms with Crippen molar-refractivity contribution in [3.63, 3.8) is 0 Å². The van der Waals surface area contributed by atoms with Gasteiger partial charge in [-0.1, -0.05) is 30.3 Å². The van der Waals surface area contributed by atoms with Crippen molar-refractivity contribution in [2.45, 2.75) is 13.2 Å². The molecule has 7 nitrogen and oxygen atoms in total. The van der Waals surface area contributed by atoms with Crippen molar-refractivity contribution in [2.75, 3.05) is 0 Å². The van der Waals surface area contributed by atoms with Gasteiger partial charge >= 0.3 is 5.97 Å². The van der Waals surface area contributed by atoms with E-state index >= 15 is 0 Å². The zero-order valence-corrected chi connectivity index (χ0v) is 13.1. The maximum Gasteiger partial charge on any atom is 0.338 e. The summed E-state index contributed by atoms with van der Waals surface area (Å²) in [6.07, 6.45) is 2.92. The van der Waals surface area contributed by atoms with Crippen molar-refractivity contribution in [1.82, 2.24) is 19.7 Å². The van der Waals surface area contributed by atoms with E-state index in [2.05, 4.69) is 15.1 Å². The van der Waals surface area contributed by atoms with Crippen molar-refractivity contribution in [1.29, 1.82) is 0 Å². The number of rotatable bonds is 6. The number of benzene rings is 1. The van der Waals surface area contributed by atoms with Gasteiger partial charge in [0.25, 0.3) is 0 Å². The number of carbonyl (C=O) groups is 1. The molecule has 3 rings (SSSR count). The van der Waals surface area contributed by atoms with Crippen LogP contribution in [0.15, 0.2) is 55.0 Å². The second-order valence-corrected chi connectivity index (χ2v) is 5.03. The molecule has 122 valence electrons. The number of aromatic nitrogens is 4. The van der Waals surface area contributed by atoms with E-state index in [1.165, 1.54) is 12.5 Å². The van der Waals surface area contributed by atoms with Gasteiger partial charge in [0.2, 0.25) is 5.88 Å². The van der Waals surface area contributed by atoms with Crippen molar-refractivity contribution in [3.05, 3.63) is 71.9 Å². The highest BCUT2D eigenvalue weighted by Gasteiger charge is 2.11. The average Bonchev–Trinajstić information content (AvgIpc) is 3.04. The van der Waals surface area contributed by atoms with Crippen molar-refractivity contribution in [2.24, 2.45) is 7.05 Å². The van der Waals surface area contributed by atoms with E-state index in [-0.39, 0.29) is 6.61 Å². The van der Waals surface area contributed by atoms with Gasteiger partial charge < -0.3 is 9.47 Å². The number of hydrogen-bond donors (Lipinski definition) is 0. The van der Waals surface area contributed by atoms with E-state index in [0.717, 1.165) is 5.56 Å². The Labute approximate surface area is 138 Å². The first-order valence-corrected chi connectivity index (χ1v) is 7.35. The molecule has 0 bridgehead atoms. The zero-order chi connectivity index (χ0) is 16.8. The molecule has 0 amide bonds. The summed E-state index contributed by atoms with van der Waals surface area (Å²) in [6, 6.07) is 12.9. The molecular formula is C17H16N4O3. The van der Waals surface area contributed by atoms with Crippen LogP contribution in [0.1, 0.15) is 21.7 Å². The Morgan fingerprint density at radius 3 is 2.71 bits per heavy atom. The lowest BCUT2D eigenvalue weighted by atomic mass is 10.2. The van der Waals surface area contributed by atoms with Gasteiger partial charge in [-0.3, -0.25) is 4.68 Å². The summed E-state index contributed by atoms with van der Waals surface area (Å²) in [5.74, 6) is 0.467. The largest absolute Gasteiger partial charge is 0.473 e. The Morgan fingerprint density at radius 2 is 1.96 bits per heavy atom. The molecule has 2 aromatic heterocycles. The van der Waals surface area contributed by atoms with Gasteiger partial charge in [-0.05, 0) is 11.6 Å². The highest BCUT2D eigenvalue weighted by Crippen LogP contribution is 2.13. The molecular weight excluding hydrogens is 308 g/mol. The van der Waals surface area contributed by atoms with Gasteiger partial charge in [-0.2, -0.15) is 5.10 Å². The van der Waals surface area contributed by atoms with E-state index in [0.29, 0.717) is 23.9 Å². The average molecular weight is 324 g/mol. The molecule has 0 atom stereocenters. The molecule has 0 fully saturated rings. The minimum absolute atomic E-state index is 0.0534. The third kappa shape index (κ3) is 3.95. The summed E-state index contributed by atoms with van der Waals surface area (Å²) >= 11 is 0. The number of hydrogen-bond acceptors (Lipinski definition) is 6. The molecule has 24 heavy (non-hydrogen) atoms. The third-order valence-corrected chi connectivity index (χ3v) is 3.34. The molecule has 1 aromatic carbocycles. The summed E-state index contributed by atoms with van der Waals surface area (Å²) in [5, 5.41) is 3.92. The van der Waals surface area contributed by atoms with Crippen LogP contribution in [0.3, 0.4) is 0 Å². The van der Waals surface area contributed by atoms with Crippen LogP contribution in [0.25, 0.3) is 0 Å². The second-order valence-electron chi connectivity index (χ2n) is 5.03. The summed E-state index contributed by atoms with van der Waals surface area (Å²) in [6.45, 7) is 0.434. The lowest BCUT2D eigenvalue weighted by Crippen LogP contribution is -2.09. The normalized spacial score (nSPS) is 10.4. The van der Waals surface area contributed by atoms with Crippen LogP contribution in [0.4, 0.5) is 0 Å². The first-order valence-electron chi connectivity index (χ1n) is 7.35. The number of pyridine rings is 1. The molecule has 2 heterocycles. The molecule has 0 spiro atoms. The van der Waals surface area contributed by atoms with Crippen molar-refractivity contribution in [3.8, 4) is 5.88 Å². The van der Waals surface area contributed by atoms with Gasteiger partial charge in [0.05, 0.1) is 5.56 Å². The smallest absolute Gasteiger partial charge is 0.338 e. The third-order valence-electron chi connectivity index (χ3n) is 3.34. The SMILES string of the molecule is Cn1ncnc1COC(=O)c1ccnc(OCc2ccccc2)c1. The van der Waals surface area contributed by atoms with Crippen LogP contribution in [0.2, 0.25) is 0 Å². The highest BCUT2D eigenvalue weighted by atomic mass is 16.5. The highest BCUT2D eigenvalue weighted by molar-refractivity contribution is 5.89. The lowest BCUT2D eigenvalue weighted by molar-refractivity contribution is 0.0457. The standard InChI is InChI=1S/C17H16N4O3/c1-21-15(19-12-20-21)11-24-17(22)14-7-8-18-16(9-14)23-10-13-5-3-2-4-6-13/h2-9,12H,10-11H2,1H3. The molecule has 7 heteroatoms. The molecule has 0 saturated heterocycles. The Balaban J connectivity index is 1.60. The molecule has 0 unspecified atom stereocenters. The summed E-state index contributed by atoms with van der Waals surface area (Å²) in [4.78, 5) is 20.2. The molecule has 0 saturated carbocycles. The van der Waals surface area contributed by atoms with Crippen LogP contribution >= 0.6 is 0 Å². The first kappa shape index (κ1) is 15.7. The lowest BCUT2D eigenvalue weighted by Gasteiger charge is -2.07. The predicted octanol–water partition coefficient (Wildman–Crippen LogP) is 2.15. The molecule has 0 aliphatic rings. The van der Waals surface area contributed by atoms with Gasteiger partial charge in [0.15, 0.2) is 12.4 Å². The van der Waals surface area contributed by atoms with Gasteiger partial charge in [0, 0.05) is 19.3 Å². The number of nitrogens with zero attached hydrogens (tertiary/aromatic N) is 4. The number of carbonyl (C=O) groups excluding carboxylic acids is 1. The van der Waals surface area contributed by atoms with E-state index in [1.807, 2.05) is 30.3 Å². The molecule has 3 aromatic rings. The monoisotopic (exact) mass is 324 g/mol. The van der Waals surface area contributed by atoms with E-state index in [9.17, 15) is 4.79 Å². The van der Waals surface area contributed by atoms with Crippen molar-refractivity contribution >= 4 is 5.97 Å². The minimum atomic E-state index is -0.468. The quantitative estimate of drug-likeness (QED) is 0.646. The van der Waals surface area contributed by atoms with E-state index < -0.39 is 5.97 Å². The fourth-order valence-corrected chi connectivity index (χ4v) is 2.01. The molecule has 0 radical (unpaired) electrons. The Bertz CT molecular complexity index is 817. The van der Waals surface area contributed by atoms with Crippen LogP contribution in [0, 0.1) is 0 Å². The van der Waals surface area contributed by atoms with Crippen LogP contribution in [-0.4, -0.2) is 25.7 Å². The number of aryl methyl sites for hydroxylation is 1. The number of ether oxygens (including phenoxy) is 2. The molecule has 0 aliphatic carbocycles. The summed E-state index contributed by atoms with van der Waals surface area (Å²) in [7, 11) is 1.73. The fourth-order valence-electron chi connectivity index (χ4n) is 2.01. The predicted molar refractivity (Wildman–Crippen MR) is 85.1 cm³/mol. The Kier molecular flexibility index (Phi) is 4.81. The molecule has 0 aliphatic heterocycles. The van der Waals surface area contributed by atoms with Crippen LogP contribution in [0.5, 0.6) is 5.88 Å². The van der Waals surface area contributed by atoms with Gasteiger partial charge in [-0.25, -0.2) is 14.8 Å². The first-order chi connectivity index (χ1) is 11.7. The number of esters is 1. The second kappa shape index (κ2) is 7.36. The summed E-state index contributed by atoms with van der Waals surface area (Å²) in [5.41, 5.74) is 1.39. The minimum Gasteiger partial charge on any atom is -0.473 e. The summed E-state index contributed by atoms with van der Waals surface area (Å²) < 4.78 is 12.4.